The quantitative estimate of drug-likeness (QED) is 0.00857. The van der Waals surface area contributed by atoms with E-state index in [0.29, 0.717) is 69.3 Å². The fourth-order valence-corrected chi connectivity index (χ4v) is 13.4. The van der Waals surface area contributed by atoms with Crippen molar-refractivity contribution in [2.45, 2.75) is 295 Å². The number of nitrogens with zero attached hydrogens (tertiary/aromatic N) is 1. The van der Waals surface area contributed by atoms with Gasteiger partial charge in [-0.3, -0.25) is 33.6 Å². The van der Waals surface area contributed by atoms with Crippen LogP contribution in [0.4, 0.5) is 0 Å². The first-order valence-electron chi connectivity index (χ1n) is 33.6. The zero-order valence-corrected chi connectivity index (χ0v) is 58.8. The molecule has 19 heteroatoms. The van der Waals surface area contributed by atoms with E-state index in [1.165, 1.54) is 211 Å². The average Bonchev–Trinajstić information content (AvgIpc) is 2.68. The number of thioether (sulfide) groups is 4. The first-order chi connectivity index (χ1) is 41.6. The van der Waals surface area contributed by atoms with E-state index in [1.54, 1.807) is 36.5 Å². The van der Waals surface area contributed by atoms with Gasteiger partial charge in [0.05, 0.1) is 38.0 Å². The van der Waals surface area contributed by atoms with E-state index in [2.05, 4.69) is 44.0 Å². The van der Waals surface area contributed by atoms with Crippen molar-refractivity contribution in [2.75, 3.05) is 55.9 Å². The first kappa shape index (κ1) is 84.8. The number of thiol groups is 1. The Morgan fingerprint density at radius 3 is 1.35 bits per heavy atom. The Bertz CT molecular complexity index is 1730. The molecule has 3 amide bonds. The second-order valence-corrected chi connectivity index (χ2v) is 27.7. The molecule has 0 aliphatic carbocycles. The van der Waals surface area contributed by atoms with Gasteiger partial charge in [-0.15, -0.1) is 11.8 Å². The number of hydrogen-bond donors (Lipinski definition) is 4. The Morgan fingerprint density at radius 1 is 0.612 bits per heavy atom. The molecule has 3 N–H and O–H groups in total. The fourth-order valence-electron chi connectivity index (χ4n) is 8.97. The summed E-state index contributed by atoms with van der Waals surface area (Å²) in [5, 5.41) is 11.8. The number of allylic oxidation sites excluding steroid dienone is 3. The molecule has 0 aromatic carbocycles. The van der Waals surface area contributed by atoms with Gasteiger partial charge in [0.15, 0.2) is 5.12 Å². The van der Waals surface area contributed by atoms with E-state index in [4.69, 9.17) is 16.1 Å². The van der Waals surface area contributed by atoms with Crippen LogP contribution in [0.5, 0.6) is 0 Å². The van der Waals surface area contributed by atoms with E-state index in [1.807, 2.05) is 24.0 Å². The molecule has 0 saturated carbocycles. The third kappa shape index (κ3) is 70.7. The topological polar surface area (TPSA) is 189 Å². The molecule has 1 aliphatic heterocycles. The van der Waals surface area contributed by atoms with Crippen molar-refractivity contribution in [2.24, 2.45) is 0 Å². The van der Waals surface area contributed by atoms with E-state index >= 15 is 0 Å². The monoisotopic (exact) mass is 1290 g/mol. The van der Waals surface area contributed by atoms with Crippen molar-refractivity contribution in [3.05, 3.63) is 24.3 Å². The van der Waals surface area contributed by atoms with Gasteiger partial charge in [-0.25, -0.2) is 0 Å². The van der Waals surface area contributed by atoms with E-state index < -0.39 is 0 Å². The molecule has 3 unspecified atom stereocenters. The standard InChI is InChI=1S/C35H64N2O5S3.C27H48O3S.C4H9NOS.BH2N/c1-5-6-7-8-9-10-11-12-13-14-15-16-17-18-19-20-23-42-34(40)21-24-44-35(41)27-32(45-33-28-37(33)31(4)39)26-29(2)43-25-22-36-30(3)38;1-3-5-7-8-9-10-11-12-13-14-15-16-17-18-19-21-24-30-26(28)23-25-31-27(29)22-20-6-4-2;1-4(6)5-2-3-7;1-2/h29,32-33H,5-28H2,1-4H3,(H,36,38);4,6,20,22H,3,5,7-19,21,23-25H2,1-2H3;7H,2-3H2,1H3,(H,5,6);1-2H/b;6-4+,22-20+;;/i;;;1D. The Morgan fingerprint density at radius 2 is 1.00 bits per heavy atom. The number of unbranched alkanes of at least 4 members (excludes halogenated alkanes) is 30. The van der Waals surface area contributed by atoms with Crippen LogP contribution in [0.1, 0.15) is 280 Å². The number of rotatable bonds is 54. The normalized spacial score (nSPS) is 13.2. The Hall–Kier alpha value is -2.22. The van der Waals surface area contributed by atoms with Crippen LogP contribution < -0.4 is 10.6 Å². The van der Waals surface area contributed by atoms with Gasteiger partial charge in [-0.05, 0) is 32.3 Å². The number of carbonyl (C=O) groups is 7. The van der Waals surface area contributed by atoms with Crippen molar-refractivity contribution >= 4 is 107 Å². The van der Waals surface area contributed by atoms with Crippen LogP contribution in [0.2, 0.25) is 0 Å². The second kappa shape index (κ2) is 69.3. The van der Waals surface area contributed by atoms with Crippen LogP contribution in [0.25, 0.3) is 0 Å². The van der Waals surface area contributed by atoms with Crippen molar-refractivity contribution in [3.8, 4) is 0 Å². The fraction of sp³-hybridized carbons (Fsp3) is 0.833. The Kier molecular flexibility index (Phi) is 69.1. The summed E-state index contributed by atoms with van der Waals surface area (Å²) in [6, 6.07) is 0. The van der Waals surface area contributed by atoms with Gasteiger partial charge in [-0.2, -0.15) is 24.4 Å². The summed E-state index contributed by atoms with van der Waals surface area (Å²) < 4.78 is 16.4. The van der Waals surface area contributed by atoms with Gasteiger partial charge < -0.3 is 25.0 Å². The Balaban J connectivity index is -0.00000145. The number of nitrogens with one attached hydrogen (secondary N) is 3. The predicted octanol–water partition coefficient (Wildman–Crippen LogP) is 17.0. The molecular weight excluding hydrogens is 1160 g/mol. The summed E-state index contributed by atoms with van der Waals surface area (Å²) in [5.74, 6) is 2.10. The van der Waals surface area contributed by atoms with Crippen molar-refractivity contribution in [1.29, 1.82) is 6.65 Å². The first-order valence-corrected chi connectivity index (χ1v) is 37.7. The van der Waals surface area contributed by atoms with Crippen molar-refractivity contribution in [1.82, 2.24) is 15.5 Å². The molecule has 1 heterocycles. The van der Waals surface area contributed by atoms with Crippen LogP contribution in [0, 0.1) is 5.31 Å². The molecule has 0 spiro atoms. The molecule has 0 radical (unpaired) electrons. The number of carbonyl (C=O) groups excluding carboxylic acids is 7. The maximum absolute atomic E-state index is 12.8. The molecule has 494 valence electrons. The van der Waals surface area contributed by atoms with Crippen molar-refractivity contribution in [3.63, 3.8) is 0 Å². The zero-order chi connectivity index (χ0) is 64.4. The molecule has 1 aliphatic rings. The van der Waals surface area contributed by atoms with Gasteiger partial charge in [0.1, 0.15) is 0 Å². The van der Waals surface area contributed by atoms with Crippen LogP contribution in [-0.4, -0.2) is 125 Å². The van der Waals surface area contributed by atoms with E-state index in [-0.39, 0.29) is 56.9 Å². The third-order valence-corrected chi connectivity index (χ3v) is 18.5. The zero-order valence-electron chi connectivity index (χ0n) is 55.6. The van der Waals surface area contributed by atoms with Crippen LogP contribution >= 0.6 is 59.7 Å². The molecule has 1 rings (SSSR count). The molecule has 0 aromatic rings. The summed E-state index contributed by atoms with van der Waals surface area (Å²) >= 11 is 9.75. The van der Waals surface area contributed by atoms with Crippen molar-refractivity contribution < 1.29 is 43.0 Å². The molecule has 13 nitrogen and oxygen atoms in total. The Labute approximate surface area is 544 Å². The minimum absolute atomic E-state index is 0.00838. The summed E-state index contributed by atoms with van der Waals surface area (Å²) in [4.78, 5) is 82.7. The number of amides is 3. The van der Waals surface area contributed by atoms with Crippen LogP contribution in [-0.2, 0) is 43.0 Å². The number of ether oxygens (including phenoxy) is 2. The molecule has 3 atom stereocenters. The van der Waals surface area contributed by atoms with Gasteiger partial charge in [0.25, 0.3) is 0 Å². The van der Waals surface area contributed by atoms with E-state index in [9.17, 15) is 33.6 Å². The van der Waals surface area contributed by atoms with Gasteiger partial charge in [-0.1, -0.05) is 255 Å². The molecular formula is C66H123BN4O9S5. The number of esters is 2. The van der Waals surface area contributed by atoms with Crippen LogP contribution in [0.15, 0.2) is 24.3 Å². The predicted molar refractivity (Wildman–Crippen MR) is 374 cm³/mol. The summed E-state index contributed by atoms with van der Waals surface area (Å²) in [6.07, 6.45) is 51.2. The van der Waals surface area contributed by atoms with Gasteiger partial charge in [0, 0.05) is 73.8 Å². The summed E-state index contributed by atoms with van der Waals surface area (Å²) in [6.45, 7) is 16.2. The van der Waals surface area contributed by atoms with E-state index in [0.717, 1.165) is 56.2 Å². The molecule has 0 aromatic heterocycles. The maximum atomic E-state index is 12.8. The van der Waals surface area contributed by atoms with Gasteiger partial charge >= 0.3 is 26.2 Å². The minimum atomic E-state index is -0.221. The second-order valence-electron chi connectivity index (χ2n) is 22.0. The molecule has 1 fully saturated rings. The number of hydrogen-bond acceptors (Lipinski definition) is 15. The third-order valence-electron chi connectivity index (χ3n) is 13.9. The SMILES string of the molecule is C/C=C/C=C/C(=O)SCCC(=O)OCCCCCCCCCCCCCCCCCC.CC(=O)NCCS.CCCCCCCCCCCCCCCCCCOC(=O)CCSC(=O)CC(CC(C)SCCNC(C)=O)SC1CN1C(C)=O.[2H]B=N. The van der Waals surface area contributed by atoms with Gasteiger partial charge in [0.2, 0.25) is 22.8 Å². The molecule has 1 saturated heterocycles. The molecule has 85 heavy (non-hydrogen) atoms. The van der Waals surface area contributed by atoms with Crippen LogP contribution in [0.3, 0.4) is 0 Å². The average molecular weight is 1290 g/mol. The summed E-state index contributed by atoms with van der Waals surface area (Å²) in [5.41, 5.74) is 0. The molecule has 0 bridgehead atoms. The summed E-state index contributed by atoms with van der Waals surface area (Å²) in [7, 11) is 0.500.